The van der Waals surface area contributed by atoms with Gasteiger partial charge in [0.2, 0.25) is 0 Å². The summed E-state index contributed by atoms with van der Waals surface area (Å²) >= 11 is 1.20. The Bertz CT molecular complexity index is 1080. The molecule has 9 nitrogen and oxygen atoms in total. The topological polar surface area (TPSA) is 112 Å². The van der Waals surface area contributed by atoms with Gasteiger partial charge in [0.1, 0.15) is 18.6 Å². The molecule has 3 aromatic rings. The molecule has 4 rings (SSSR count). The molecular weight excluding hydrogens is 380 g/mol. The van der Waals surface area contributed by atoms with E-state index in [4.69, 9.17) is 4.74 Å². The Hall–Kier alpha value is -3.01. The summed E-state index contributed by atoms with van der Waals surface area (Å²) in [6.45, 7) is 6.01. The number of aromatic nitrogens is 3. The van der Waals surface area contributed by atoms with Crippen molar-refractivity contribution < 1.29 is 14.3 Å². The first-order valence-corrected chi connectivity index (χ1v) is 9.82. The number of H-pyrrole nitrogens is 1. The number of cyclic esters (lactones) is 1. The fourth-order valence-electron chi connectivity index (χ4n) is 3.13. The Morgan fingerprint density at radius 1 is 1.39 bits per heavy atom. The Kier molecular flexibility index (Phi) is 4.50. The second kappa shape index (κ2) is 6.86. The van der Waals surface area contributed by atoms with Crippen LogP contribution in [0.1, 0.15) is 20.8 Å². The van der Waals surface area contributed by atoms with E-state index in [1.54, 1.807) is 0 Å². The maximum absolute atomic E-state index is 12.1. The molecule has 0 spiro atoms. The van der Waals surface area contributed by atoms with Gasteiger partial charge in [-0.05, 0) is 25.7 Å². The van der Waals surface area contributed by atoms with Crippen LogP contribution in [0.3, 0.4) is 0 Å². The predicted octanol–water partition coefficient (Wildman–Crippen LogP) is 3.95. The fourth-order valence-corrected chi connectivity index (χ4v) is 3.58. The van der Waals surface area contributed by atoms with Crippen LogP contribution in [0, 0.1) is 0 Å². The van der Waals surface area contributed by atoms with Crippen LogP contribution in [0.25, 0.3) is 21.9 Å². The van der Waals surface area contributed by atoms with E-state index in [0.29, 0.717) is 22.9 Å². The van der Waals surface area contributed by atoms with Crippen molar-refractivity contribution in [2.45, 2.75) is 26.3 Å². The van der Waals surface area contributed by atoms with Gasteiger partial charge in [-0.15, -0.1) is 0 Å². The Morgan fingerprint density at radius 2 is 2.21 bits per heavy atom. The van der Waals surface area contributed by atoms with Crippen molar-refractivity contribution in [1.82, 2.24) is 20.0 Å². The number of carbonyl (C=O) groups excluding carboxylic acids is 2. The van der Waals surface area contributed by atoms with Gasteiger partial charge in [-0.3, -0.25) is 10.2 Å². The third-order valence-electron chi connectivity index (χ3n) is 4.49. The highest BCUT2D eigenvalue weighted by Crippen LogP contribution is 2.34. The summed E-state index contributed by atoms with van der Waals surface area (Å²) in [6, 6.07) is 5.60. The normalized spacial score (nSPS) is 15.8. The zero-order valence-corrected chi connectivity index (χ0v) is 16.5. The number of amides is 2. The molecule has 1 aromatic carbocycles. The first-order valence-electron chi connectivity index (χ1n) is 8.83. The number of nitrogens with zero attached hydrogens (tertiary/aromatic N) is 3. The highest BCUT2D eigenvalue weighted by Gasteiger charge is 2.41. The molecule has 0 aliphatic carbocycles. The third-order valence-corrected chi connectivity index (χ3v) is 5.14. The van der Waals surface area contributed by atoms with Crippen molar-refractivity contribution in [3.8, 4) is 0 Å². The zero-order valence-electron chi connectivity index (χ0n) is 15.7. The van der Waals surface area contributed by atoms with Gasteiger partial charge < -0.3 is 15.0 Å². The largest absolute Gasteiger partial charge is 0.446 e. The molecule has 0 unspecified atom stereocenters. The van der Waals surface area contributed by atoms with E-state index >= 15 is 0 Å². The second-order valence-electron chi connectivity index (χ2n) is 6.96. The number of carbonyl (C=O) groups is 2. The van der Waals surface area contributed by atoms with Gasteiger partial charge in [0, 0.05) is 5.39 Å². The molecular formula is C18H20N6O3S. The smallest absolute Gasteiger partial charge is 0.429 e. The van der Waals surface area contributed by atoms with Crippen LogP contribution in [0.4, 0.5) is 21.1 Å². The van der Waals surface area contributed by atoms with Crippen LogP contribution in [0.5, 0.6) is 0 Å². The molecule has 0 bridgehead atoms. The summed E-state index contributed by atoms with van der Waals surface area (Å²) in [7, 11) is 0. The maximum atomic E-state index is 12.1. The quantitative estimate of drug-likeness (QED) is 0.608. The molecule has 28 heavy (non-hydrogen) atoms. The van der Waals surface area contributed by atoms with E-state index in [9.17, 15) is 9.59 Å². The van der Waals surface area contributed by atoms with E-state index in [2.05, 4.69) is 25.7 Å². The van der Waals surface area contributed by atoms with Crippen molar-refractivity contribution in [2.24, 2.45) is 0 Å². The SMILES string of the molecule is CCSC(=O)Nc1cccc2c1[nH]c1ncnc(NN3C(=O)OCC3(C)C)c12. The summed E-state index contributed by atoms with van der Waals surface area (Å²) < 4.78 is 5.14. The Labute approximate surface area is 165 Å². The van der Waals surface area contributed by atoms with Crippen molar-refractivity contribution in [1.29, 1.82) is 0 Å². The highest BCUT2D eigenvalue weighted by atomic mass is 32.2. The molecule has 2 aromatic heterocycles. The van der Waals surface area contributed by atoms with Crippen molar-refractivity contribution in [3.05, 3.63) is 24.5 Å². The Morgan fingerprint density at radius 3 is 2.93 bits per heavy atom. The van der Waals surface area contributed by atoms with Crippen molar-refractivity contribution in [3.63, 3.8) is 0 Å². The lowest BCUT2D eigenvalue weighted by atomic mass is 10.1. The van der Waals surface area contributed by atoms with E-state index in [1.807, 2.05) is 39.0 Å². The molecule has 1 aliphatic rings. The minimum absolute atomic E-state index is 0.125. The summed E-state index contributed by atoms with van der Waals surface area (Å²) in [4.78, 5) is 36.0. The number of anilines is 2. The molecule has 2 amide bonds. The summed E-state index contributed by atoms with van der Waals surface area (Å²) in [5.74, 6) is 1.17. The number of hydrogen-bond acceptors (Lipinski definition) is 7. The number of para-hydroxylation sites is 1. The average molecular weight is 400 g/mol. The van der Waals surface area contributed by atoms with Crippen molar-refractivity contribution in [2.75, 3.05) is 23.1 Å². The lowest BCUT2D eigenvalue weighted by Crippen LogP contribution is -2.45. The van der Waals surface area contributed by atoms with Gasteiger partial charge >= 0.3 is 6.09 Å². The van der Waals surface area contributed by atoms with Crippen LogP contribution < -0.4 is 10.7 Å². The molecule has 146 valence electrons. The van der Waals surface area contributed by atoms with Crippen LogP contribution in [-0.2, 0) is 4.74 Å². The maximum Gasteiger partial charge on any atom is 0.429 e. The standard InChI is InChI=1S/C18H20N6O3S/c1-4-28-16(25)21-11-7-5-6-10-12-14(22-13(10)11)19-9-20-15(12)23-24-17(26)27-8-18(24,2)3/h5-7,9H,4,8H2,1-3H3,(H,21,25)(H2,19,20,22,23). The molecule has 1 aliphatic heterocycles. The van der Waals surface area contributed by atoms with E-state index in [-0.39, 0.29) is 11.8 Å². The van der Waals surface area contributed by atoms with Gasteiger partial charge in [-0.2, -0.15) is 0 Å². The summed E-state index contributed by atoms with van der Waals surface area (Å²) in [5.41, 5.74) is 4.57. The zero-order chi connectivity index (χ0) is 19.9. The average Bonchev–Trinajstić information content (AvgIpc) is 3.15. The minimum atomic E-state index is -0.517. The molecule has 0 atom stereocenters. The Balaban J connectivity index is 1.79. The molecule has 1 saturated heterocycles. The summed E-state index contributed by atoms with van der Waals surface area (Å²) in [6.07, 6.45) is 0.959. The van der Waals surface area contributed by atoms with Crippen LogP contribution in [0.15, 0.2) is 24.5 Å². The van der Waals surface area contributed by atoms with Crippen LogP contribution >= 0.6 is 11.8 Å². The monoisotopic (exact) mass is 400 g/mol. The lowest BCUT2D eigenvalue weighted by molar-refractivity contribution is 0.162. The molecule has 0 saturated carbocycles. The lowest BCUT2D eigenvalue weighted by Gasteiger charge is -2.28. The number of aromatic amines is 1. The molecule has 3 heterocycles. The van der Waals surface area contributed by atoms with Crippen molar-refractivity contribution >= 4 is 56.5 Å². The number of fused-ring (bicyclic) bond motifs is 3. The number of thioether (sulfide) groups is 1. The first kappa shape index (κ1) is 18.4. The first-order chi connectivity index (χ1) is 13.4. The third kappa shape index (κ3) is 3.09. The van der Waals surface area contributed by atoms with Gasteiger partial charge in [0.05, 0.1) is 22.1 Å². The second-order valence-corrected chi connectivity index (χ2v) is 8.20. The van der Waals surface area contributed by atoms with Gasteiger partial charge in [0.25, 0.3) is 5.24 Å². The van der Waals surface area contributed by atoms with Crippen LogP contribution in [-0.4, -0.2) is 49.2 Å². The number of hydrogen-bond donors (Lipinski definition) is 3. The summed E-state index contributed by atoms with van der Waals surface area (Å²) in [5, 5.41) is 5.77. The number of rotatable bonds is 4. The molecule has 0 radical (unpaired) electrons. The molecule has 1 fully saturated rings. The van der Waals surface area contributed by atoms with Gasteiger partial charge in [-0.1, -0.05) is 30.8 Å². The van der Waals surface area contributed by atoms with Gasteiger partial charge in [-0.25, -0.2) is 19.8 Å². The molecule has 3 N–H and O–H groups in total. The van der Waals surface area contributed by atoms with E-state index < -0.39 is 11.6 Å². The number of nitrogens with one attached hydrogen (secondary N) is 3. The highest BCUT2D eigenvalue weighted by molar-refractivity contribution is 8.13. The van der Waals surface area contributed by atoms with E-state index in [1.165, 1.54) is 23.1 Å². The predicted molar refractivity (Wildman–Crippen MR) is 109 cm³/mol. The van der Waals surface area contributed by atoms with Gasteiger partial charge in [0.15, 0.2) is 5.82 Å². The number of ether oxygens (including phenoxy) is 1. The van der Waals surface area contributed by atoms with E-state index in [0.717, 1.165) is 16.3 Å². The number of hydrazine groups is 1. The molecule has 10 heteroatoms. The number of benzene rings is 1. The van der Waals surface area contributed by atoms with Crippen LogP contribution in [0.2, 0.25) is 0 Å². The minimum Gasteiger partial charge on any atom is -0.446 e. The fraction of sp³-hybridized carbons (Fsp3) is 0.333.